The molecule has 0 aliphatic rings. The normalized spacial score (nSPS) is 9.76. The Labute approximate surface area is 107 Å². The Morgan fingerprint density at radius 3 is 2.41 bits per heavy atom. The van der Waals surface area contributed by atoms with Crippen molar-refractivity contribution in [2.24, 2.45) is 0 Å². The lowest BCUT2D eigenvalue weighted by molar-refractivity contribution is -0.113. The second-order valence-electron chi connectivity index (χ2n) is 3.24. The first-order valence-corrected chi connectivity index (χ1v) is 6.14. The van der Waals surface area contributed by atoms with Crippen molar-refractivity contribution in [2.75, 3.05) is 23.8 Å². The summed E-state index contributed by atoms with van der Waals surface area (Å²) >= 11 is 3.04. The van der Waals surface area contributed by atoms with Gasteiger partial charge in [-0.2, -0.15) is 0 Å². The van der Waals surface area contributed by atoms with Gasteiger partial charge in [-0.15, -0.1) is 0 Å². The van der Waals surface area contributed by atoms with Crippen LogP contribution < -0.4 is 10.6 Å². The first-order valence-electron chi connectivity index (χ1n) is 5.02. The minimum absolute atomic E-state index is 0.0921. The van der Waals surface area contributed by atoms with Crippen molar-refractivity contribution < 1.29 is 14.7 Å². The zero-order chi connectivity index (χ0) is 12.7. The Kier molecular flexibility index (Phi) is 5.65. The smallest absolute Gasteiger partial charge is 0.251 e. The maximum atomic E-state index is 11.5. The van der Waals surface area contributed by atoms with E-state index in [0.29, 0.717) is 11.3 Å². The highest BCUT2D eigenvalue weighted by Crippen LogP contribution is 2.09. The quantitative estimate of drug-likeness (QED) is 0.702. The molecular formula is C11H13BrN2O3. The summed E-state index contributed by atoms with van der Waals surface area (Å²) < 4.78 is 0. The zero-order valence-corrected chi connectivity index (χ0v) is 10.7. The van der Waals surface area contributed by atoms with Gasteiger partial charge in [0.1, 0.15) is 0 Å². The van der Waals surface area contributed by atoms with Crippen LogP contribution in [0.5, 0.6) is 0 Å². The number of carbonyl (C=O) groups is 2. The van der Waals surface area contributed by atoms with Crippen LogP contribution in [0.4, 0.5) is 5.69 Å². The Morgan fingerprint density at radius 2 is 1.88 bits per heavy atom. The van der Waals surface area contributed by atoms with Crippen LogP contribution in [-0.2, 0) is 4.79 Å². The molecule has 6 heteroatoms. The van der Waals surface area contributed by atoms with Crippen LogP contribution in [0.1, 0.15) is 10.4 Å². The molecule has 0 atom stereocenters. The van der Waals surface area contributed by atoms with Crippen molar-refractivity contribution in [2.45, 2.75) is 0 Å². The maximum absolute atomic E-state index is 11.5. The molecule has 0 aliphatic heterocycles. The number of halogens is 1. The molecule has 1 rings (SSSR count). The summed E-state index contributed by atoms with van der Waals surface area (Å²) in [6.45, 7) is 0.131. The Bertz CT molecular complexity index is 392. The third-order valence-electron chi connectivity index (χ3n) is 1.95. The summed E-state index contributed by atoms with van der Waals surface area (Å²) in [6, 6.07) is 6.51. The highest BCUT2D eigenvalue weighted by Gasteiger charge is 2.05. The molecule has 0 aromatic heterocycles. The predicted molar refractivity (Wildman–Crippen MR) is 68.3 cm³/mol. The van der Waals surface area contributed by atoms with Gasteiger partial charge >= 0.3 is 0 Å². The lowest BCUT2D eigenvalue weighted by Crippen LogP contribution is -2.26. The topological polar surface area (TPSA) is 78.4 Å². The van der Waals surface area contributed by atoms with E-state index in [1.54, 1.807) is 24.3 Å². The van der Waals surface area contributed by atoms with E-state index in [-0.39, 0.29) is 30.3 Å². The summed E-state index contributed by atoms with van der Waals surface area (Å²) in [5.41, 5.74) is 1.11. The van der Waals surface area contributed by atoms with Crippen LogP contribution in [0.2, 0.25) is 0 Å². The molecule has 92 valence electrons. The molecule has 0 saturated carbocycles. The number of amides is 2. The predicted octanol–water partition coefficient (Wildman–Crippen LogP) is 0.742. The molecule has 1 aromatic carbocycles. The van der Waals surface area contributed by atoms with Gasteiger partial charge in [0.15, 0.2) is 0 Å². The van der Waals surface area contributed by atoms with Crippen molar-refractivity contribution in [3.05, 3.63) is 29.8 Å². The molecule has 0 heterocycles. The molecule has 0 saturated heterocycles. The summed E-state index contributed by atoms with van der Waals surface area (Å²) in [5, 5.41) is 14.0. The SMILES string of the molecule is O=C(CBr)Nc1ccc(C(=O)NCCO)cc1. The van der Waals surface area contributed by atoms with Gasteiger partial charge in [0.05, 0.1) is 11.9 Å². The molecule has 2 amide bonds. The van der Waals surface area contributed by atoms with Crippen LogP contribution in [0.25, 0.3) is 0 Å². The molecule has 0 bridgehead atoms. The van der Waals surface area contributed by atoms with Gasteiger partial charge in [0.2, 0.25) is 5.91 Å². The molecule has 0 aliphatic carbocycles. The third kappa shape index (κ3) is 4.54. The molecule has 3 N–H and O–H groups in total. The molecule has 1 aromatic rings. The van der Waals surface area contributed by atoms with Gasteiger partial charge < -0.3 is 15.7 Å². The van der Waals surface area contributed by atoms with Crippen molar-refractivity contribution in [1.29, 1.82) is 0 Å². The minimum atomic E-state index is -0.252. The minimum Gasteiger partial charge on any atom is -0.395 e. The number of nitrogens with one attached hydrogen (secondary N) is 2. The van der Waals surface area contributed by atoms with E-state index < -0.39 is 0 Å². The average molecular weight is 301 g/mol. The van der Waals surface area contributed by atoms with Crippen molar-refractivity contribution in [3.8, 4) is 0 Å². The van der Waals surface area contributed by atoms with Crippen LogP contribution in [0.3, 0.4) is 0 Å². The number of benzene rings is 1. The molecule has 5 nitrogen and oxygen atoms in total. The van der Waals surface area contributed by atoms with E-state index in [2.05, 4.69) is 26.6 Å². The number of aliphatic hydroxyl groups excluding tert-OH is 1. The summed E-state index contributed by atoms with van der Waals surface area (Å²) in [5.74, 6) is -0.403. The van der Waals surface area contributed by atoms with Gasteiger partial charge in [0, 0.05) is 17.8 Å². The Balaban J connectivity index is 2.61. The number of hydrogen-bond donors (Lipinski definition) is 3. The zero-order valence-electron chi connectivity index (χ0n) is 9.07. The van der Waals surface area contributed by atoms with Crippen molar-refractivity contribution in [1.82, 2.24) is 5.32 Å². The van der Waals surface area contributed by atoms with Gasteiger partial charge in [-0.3, -0.25) is 9.59 Å². The molecular weight excluding hydrogens is 288 g/mol. The number of carbonyl (C=O) groups excluding carboxylic acids is 2. The van der Waals surface area contributed by atoms with Crippen LogP contribution in [-0.4, -0.2) is 35.4 Å². The maximum Gasteiger partial charge on any atom is 0.251 e. The first kappa shape index (κ1) is 13.7. The van der Waals surface area contributed by atoms with Gasteiger partial charge in [0.25, 0.3) is 5.91 Å². The van der Waals surface area contributed by atoms with Gasteiger partial charge in [-0.25, -0.2) is 0 Å². The molecule has 0 radical (unpaired) electrons. The Morgan fingerprint density at radius 1 is 1.24 bits per heavy atom. The average Bonchev–Trinajstić information content (AvgIpc) is 2.36. The number of rotatable bonds is 5. The number of anilines is 1. The summed E-state index contributed by atoms with van der Waals surface area (Å²) in [6.07, 6.45) is 0. The van der Waals surface area contributed by atoms with E-state index in [9.17, 15) is 9.59 Å². The highest BCUT2D eigenvalue weighted by atomic mass is 79.9. The molecule has 0 spiro atoms. The van der Waals surface area contributed by atoms with E-state index in [0.717, 1.165) is 0 Å². The fourth-order valence-corrected chi connectivity index (χ4v) is 1.31. The van der Waals surface area contributed by atoms with E-state index in [4.69, 9.17) is 5.11 Å². The lowest BCUT2D eigenvalue weighted by atomic mass is 10.2. The van der Waals surface area contributed by atoms with Crippen LogP contribution in [0, 0.1) is 0 Å². The lowest BCUT2D eigenvalue weighted by Gasteiger charge is -2.05. The summed E-state index contributed by atoms with van der Waals surface area (Å²) in [7, 11) is 0. The standard InChI is InChI=1S/C11H13BrN2O3/c12-7-10(16)14-9-3-1-8(2-4-9)11(17)13-5-6-15/h1-4,15H,5-7H2,(H,13,17)(H,14,16). The monoisotopic (exact) mass is 300 g/mol. The van der Waals surface area contributed by atoms with E-state index >= 15 is 0 Å². The second-order valence-corrected chi connectivity index (χ2v) is 3.80. The molecule has 17 heavy (non-hydrogen) atoms. The van der Waals surface area contributed by atoms with Crippen molar-refractivity contribution in [3.63, 3.8) is 0 Å². The fourth-order valence-electron chi connectivity index (χ4n) is 1.17. The third-order valence-corrected chi connectivity index (χ3v) is 2.46. The van der Waals surface area contributed by atoms with Gasteiger partial charge in [-0.1, -0.05) is 15.9 Å². The number of hydrogen-bond acceptors (Lipinski definition) is 3. The fraction of sp³-hybridized carbons (Fsp3) is 0.273. The molecule has 0 fully saturated rings. The first-order chi connectivity index (χ1) is 8.17. The Hall–Kier alpha value is -1.40. The summed E-state index contributed by atoms with van der Waals surface area (Å²) in [4.78, 5) is 22.6. The van der Waals surface area contributed by atoms with Crippen molar-refractivity contribution >= 4 is 33.4 Å². The second kappa shape index (κ2) is 7.03. The number of aliphatic hydroxyl groups is 1. The van der Waals surface area contributed by atoms with Gasteiger partial charge in [-0.05, 0) is 24.3 Å². The van der Waals surface area contributed by atoms with Crippen LogP contribution in [0.15, 0.2) is 24.3 Å². The number of alkyl halides is 1. The highest BCUT2D eigenvalue weighted by molar-refractivity contribution is 9.09. The van der Waals surface area contributed by atoms with E-state index in [1.165, 1.54) is 0 Å². The largest absolute Gasteiger partial charge is 0.395 e. The van der Waals surface area contributed by atoms with E-state index in [1.807, 2.05) is 0 Å². The molecule has 0 unspecified atom stereocenters. The van der Waals surface area contributed by atoms with Crippen LogP contribution >= 0.6 is 15.9 Å².